The lowest BCUT2D eigenvalue weighted by molar-refractivity contribution is -0.137. The molecule has 0 bridgehead atoms. The fourth-order valence-electron chi connectivity index (χ4n) is 1.75. The van der Waals surface area contributed by atoms with Crippen molar-refractivity contribution in [2.75, 3.05) is 13.2 Å². The van der Waals surface area contributed by atoms with Gasteiger partial charge in [0.05, 0.1) is 12.2 Å². The number of amides is 1. The van der Waals surface area contributed by atoms with Gasteiger partial charge in [-0.05, 0) is 30.5 Å². The second-order valence-corrected chi connectivity index (χ2v) is 5.34. The maximum absolute atomic E-state index is 12.2. The molecule has 0 fully saturated rings. The van der Waals surface area contributed by atoms with Gasteiger partial charge in [0.2, 0.25) is 0 Å². The number of hydrogen-bond donors (Lipinski definition) is 2. The molecule has 1 atom stereocenters. The summed E-state index contributed by atoms with van der Waals surface area (Å²) in [5.41, 5.74) is 0.360. The van der Waals surface area contributed by atoms with E-state index in [1.165, 1.54) is 0 Å². The lowest BCUT2D eigenvalue weighted by Crippen LogP contribution is -2.29. The number of halogens is 1. The number of hydrogen-bond acceptors (Lipinski definition) is 3. The third kappa shape index (κ3) is 6.04. The van der Waals surface area contributed by atoms with Gasteiger partial charge in [-0.15, -0.1) is 0 Å². The van der Waals surface area contributed by atoms with Gasteiger partial charge in [0.15, 0.2) is 0 Å². The van der Waals surface area contributed by atoms with Crippen LogP contribution < -0.4 is 10.1 Å². The van der Waals surface area contributed by atoms with E-state index in [2.05, 4.69) is 5.32 Å². The Bertz CT molecular complexity index is 504. The van der Waals surface area contributed by atoms with Crippen LogP contribution in [0, 0.1) is 5.92 Å². The minimum absolute atomic E-state index is 0.00895. The first-order valence-electron chi connectivity index (χ1n) is 6.86. The molecule has 21 heavy (non-hydrogen) atoms. The largest absolute Gasteiger partial charge is 0.493 e. The Morgan fingerprint density at radius 3 is 2.76 bits per heavy atom. The summed E-state index contributed by atoms with van der Waals surface area (Å²) in [5.74, 6) is -0.873. The average Bonchev–Trinajstić information content (AvgIpc) is 2.42. The molecule has 0 aromatic heterocycles. The Labute approximate surface area is 129 Å². The highest BCUT2D eigenvalue weighted by atomic mass is 35.5. The molecule has 1 aromatic carbocycles. The molecule has 0 aliphatic heterocycles. The molecule has 0 heterocycles. The van der Waals surface area contributed by atoms with Crippen LogP contribution in [0.15, 0.2) is 18.2 Å². The van der Waals surface area contributed by atoms with Gasteiger partial charge in [-0.3, -0.25) is 9.59 Å². The van der Waals surface area contributed by atoms with E-state index in [0.717, 1.165) is 6.42 Å². The molecule has 1 amide bonds. The van der Waals surface area contributed by atoms with Gasteiger partial charge in [-0.2, -0.15) is 0 Å². The highest BCUT2D eigenvalue weighted by Crippen LogP contribution is 2.23. The van der Waals surface area contributed by atoms with Gasteiger partial charge < -0.3 is 15.2 Å². The predicted octanol–water partition coefficient (Wildman–Crippen LogP) is 2.97. The van der Waals surface area contributed by atoms with E-state index >= 15 is 0 Å². The Morgan fingerprint density at radius 2 is 2.14 bits per heavy atom. The van der Waals surface area contributed by atoms with Crippen LogP contribution in [-0.2, 0) is 4.79 Å². The van der Waals surface area contributed by atoms with Crippen molar-refractivity contribution in [2.24, 2.45) is 5.92 Å². The minimum atomic E-state index is -0.883. The van der Waals surface area contributed by atoms with Gasteiger partial charge in [0, 0.05) is 18.0 Å². The molecule has 0 spiro atoms. The van der Waals surface area contributed by atoms with Crippen molar-refractivity contribution in [1.29, 1.82) is 0 Å². The van der Waals surface area contributed by atoms with Crippen molar-refractivity contribution >= 4 is 23.5 Å². The van der Waals surface area contributed by atoms with E-state index < -0.39 is 5.97 Å². The number of ether oxygens (including phenoxy) is 1. The fraction of sp³-hybridized carbons (Fsp3) is 0.467. The van der Waals surface area contributed by atoms with Gasteiger partial charge >= 0.3 is 5.97 Å². The van der Waals surface area contributed by atoms with Crippen molar-refractivity contribution in [1.82, 2.24) is 5.32 Å². The molecule has 0 aliphatic carbocycles. The number of nitrogens with one attached hydrogen (secondary N) is 1. The molecule has 2 N–H and O–H groups in total. The monoisotopic (exact) mass is 313 g/mol. The number of carboxylic acids is 1. The van der Waals surface area contributed by atoms with Crippen LogP contribution in [-0.4, -0.2) is 30.1 Å². The number of carbonyl (C=O) groups is 2. The Morgan fingerprint density at radius 1 is 1.43 bits per heavy atom. The minimum Gasteiger partial charge on any atom is -0.493 e. The summed E-state index contributed by atoms with van der Waals surface area (Å²) in [5, 5.41) is 11.8. The lowest BCUT2D eigenvalue weighted by atomic mass is 10.1. The smallest absolute Gasteiger partial charge is 0.303 e. The van der Waals surface area contributed by atoms with Crippen LogP contribution in [0.4, 0.5) is 0 Å². The summed E-state index contributed by atoms with van der Waals surface area (Å²) in [6.07, 6.45) is 0.842. The Hall–Kier alpha value is -1.75. The molecule has 5 nitrogen and oxygen atoms in total. The average molecular weight is 314 g/mol. The molecule has 1 unspecified atom stereocenters. The first kappa shape index (κ1) is 17.3. The molecule has 116 valence electrons. The quantitative estimate of drug-likeness (QED) is 0.773. The van der Waals surface area contributed by atoms with Crippen LogP contribution in [0.5, 0.6) is 5.75 Å². The van der Waals surface area contributed by atoms with E-state index in [0.29, 0.717) is 22.9 Å². The molecule has 1 aromatic rings. The van der Waals surface area contributed by atoms with E-state index in [-0.39, 0.29) is 24.8 Å². The van der Waals surface area contributed by atoms with E-state index in [1.807, 2.05) is 6.92 Å². The normalized spacial score (nSPS) is 11.8. The fourth-order valence-corrected chi connectivity index (χ4v) is 1.92. The molecule has 0 aliphatic rings. The number of aliphatic carboxylic acids is 1. The zero-order valence-electron chi connectivity index (χ0n) is 12.2. The second kappa shape index (κ2) is 8.52. The van der Waals surface area contributed by atoms with Crippen molar-refractivity contribution in [3.05, 3.63) is 28.8 Å². The van der Waals surface area contributed by atoms with Crippen LogP contribution in [0.1, 0.15) is 37.0 Å². The standard InChI is InChI=1S/C15H20ClNO4/c1-3-6-21-13-5-4-11(16)8-12(13)15(20)17-9-10(2)7-14(18)19/h4-5,8,10H,3,6-7,9H2,1-2H3,(H,17,20)(H,18,19). The molecule has 6 heteroatoms. The third-order valence-corrected chi connectivity index (χ3v) is 3.02. The number of carboxylic acid groups (broad SMARTS) is 1. The summed E-state index contributed by atoms with van der Waals surface area (Å²) in [6, 6.07) is 4.87. The summed E-state index contributed by atoms with van der Waals surface area (Å²) in [7, 11) is 0. The first-order chi connectivity index (χ1) is 9.93. The molecule has 0 saturated heterocycles. The Balaban J connectivity index is 2.71. The second-order valence-electron chi connectivity index (χ2n) is 4.90. The summed E-state index contributed by atoms with van der Waals surface area (Å²) in [4.78, 5) is 22.8. The van der Waals surface area contributed by atoms with Crippen LogP contribution in [0.25, 0.3) is 0 Å². The van der Waals surface area contributed by atoms with E-state index in [9.17, 15) is 9.59 Å². The van der Waals surface area contributed by atoms with E-state index in [1.54, 1.807) is 25.1 Å². The van der Waals surface area contributed by atoms with Crippen LogP contribution in [0.2, 0.25) is 5.02 Å². The maximum atomic E-state index is 12.2. The van der Waals surface area contributed by atoms with Gasteiger partial charge in [-0.1, -0.05) is 25.4 Å². The highest BCUT2D eigenvalue weighted by molar-refractivity contribution is 6.31. The maximum Gasteiger partial charge on any atom is 0.303 e. The van der Waals surface area contributed by atoms with Gasteiger partial charge in [0.25, 0.3) is 5.91 Å². The Kier molecular flexibility index (Phi) is 7.02. The van der Waals surface area contributed by atoms with Crippen molar-refractivity contribution in [3.63, 3.8) is 0 Å². The predicted molar refractivity (Wildman–Crippen MR) is 81.0 cm³/mol. The lowest BCUT2D eigenvalue weighted by Gasteiger charge is -2.13. The number of carbonyl (C=O) groups excluding carboxylic acids is 1. The molecule has 1 rings (SSSR count). The van der Waals surface area contributed by atoms with Gasteiger partial charge in [-0.25, -0.2) is 0 Å². The molecule has 0 radical (unpaired) electrons. The summed E-state index contributed by atoms with van der Waals surface area (Å²) in [6.45, 7) is 4.53. The third-order valence-electron chi connectivity index (χ3n) is 2.78. The van der Waals surface area contributed by atoms with Crippen LogP contribution >= 0.6 is 11.6 Å². The molecule has 0 saturated carbocycles. The number of rotatable bonds is 8. The number of benzene rings is 1. The summed E-state index contributed by atoms with van der Waals surface area (Å²) >= 11 is 5.91. The first-order valence-corrected chi connectivity index (χ1v) is 7.24. The van der Waals surface area contributed by atoms with Crippen molar-refractivity contribution < 1.29 is 19.4 Å². The zero-order valence-corrected chi connectivity index (χ0v) is 12.9. The molecular formula is C15H20ClNO4. The summed E-state index contributed by atoms with van der Waals surface area (Å²) < 4.78 is 5.52. The zero-order chi connectivity index (χ0) is 15.8. The van der Waals surface area contributed by atoms with Gasteiger partial charge in [0.1, 0.15) is 5.75 Å². The van der Waals surface area contributed by atoms with Crippen LogP contribution in [0.3, 0.4) is 0 Å². The van der Waals surface area contributed by atoms with Crippen molar-refractivity contribution in [2.45, 2.75) is 26.7 Å². The SMILES string of the molecule is CCCOc1ccc(Cl)cc1C(=O)NCC(C)CC(=O)O. The van der Waals surface area contributed by atoms with E-state index in [4.69, 9.17) is 21.4 Å². The highest BCUT2D eigenvalue weighted by Gasteiger charge is 2.15. The topological polar surface area (TPSA) is 75.6 Å². The molecular weight excluding hydrogens is 294 g/mol. The van der Waals surface area contributed by atoms with Crippen molar-refractivity contribution in [3.8, 4) is 5.75 Å².